The van der Waals surface area contributed by atoms with E-state index in [2.05, 4.69) is 32.9 Å². The van der Waals surface area contributed by atoms with Gasteiger partial charge in [0.15, 0.2) is 0 Å². The first-order valence-corrected chi connectivity index (χ1v) is 6.99. The second-order valence-electron chi connectivity index (χ2n) is 5.68. The van der Waals surface area contributed by atoms with Crippen molar-refractivity contribution >= 4 is 5.91 Å². The average molecular weight is 261 g/mol. The molecule has 0 saturated carbocycles. The van der Waals surface area contributed by atoms with Crippen molar-refractivity contribution in [2.24, 2.45) is 5.92 Å². The minimum absolute atomic E-state index is 0.168. The molecule has 1 aromatic rings. The Morgan fingerprint density at radius 3 is 2.84 bits per heavy atom. The molecule has 104 valence electrons. The van der Waals surface area contributed by atoms with E-state index in [1.54, 1.807) is 7.11 Å². The molecular weight excluding hydrogens is 238 g/mol. The van der Waals surface area contributed by atoms with Crippen LogP contribution in [-0.4, -0.2) is 24.5 Å². The molecule has 1 aliphatic heterocycles. The molecule has 19 heavy (non-hydrogen) atoms. The summed E-state index contributed by atoms with van der Waals surface area (Å²) in [5, 5.41) is 0. The van der Waals surface area contributed by atoms with E-state index in [1.807, 2.05) is 11.0 Å². The van der Waals surface area contributed by atoms with Gasteiger partial charge in [-0.1, -0.05) is 19.9 Å². The van der Waals surface area contributed by atoms with E-state index in [1.165, 1.54) is 11.1 Å². The Morgan fingerprint density at radius 1 is 1.47 bits per heavy atom. The second-order valence-corrected chi connectivity index (χ2v) is 5.68. The molecule has 0 aromatic heterocycles. The molecule has 1 amide bonds. The van der Waals surface area contributed by atoms with Crippen LogP contribution in [0.5, 0.6) is 5.75 Å². The van der Waals surface area contributed by atoms with Gasteiger partial charge >= 0.3 is 0 Å². The molecule has 1 heterocycles. The maximum absolute atomic E-state index is 12.3. The Labute approximate surface area is 115 Å². The van der Waals surface area contributed by atoms with E-state index >= 15 is 0 Å². The number of hydrogen-bond donors (Lipinski definition) is 0. The van der Waals surface area contributed by atoms with Gasteiger partial charge in [-0.25, -0.2) is 0 Å². The number of carbonyl (C=O) groups is 1. The SMILES string of the molecule is COc1ccc2c(c1)CCN(C(=O)CC(C)C)C2C. The Bertz CT molecular complexity index is 468. The molecule has 0 radical (unpaired) electrons. The minimum Gasteiger partial charge on any atom is -0.497 e. The van der Waals surface area contributed by atoms with Gasteiger partial charge in [-0.3, -0.25) is 4.79 Å². The summed E-state index contributed by atoms with van der Waals surface area (Å²) >= 11 is 0. The van der Waals surface area contributed by atoms with Crippen molar-refractivity contribution in [1.82, 2.24) is 4.90 Å². The Hall–Kier alpha value is -1.51. The highest BCUT2D eigenvalue weighted by molar-refractivity contribution is 5.77. The van der Waals surface area contributed by atoms with Crippen molar-refractivity contribution in [2.45, 2.75) is 39.7 Å². The maximum Gasteiger partial charge on any atom is 0.223 e. The van der Waals surface area contributed by atoms with Gasteiger partial charge in [-0.15, -0.1) is 0 Å². The van der Waals surface area contributed by atoms with Gasteiger partial charge in [0.05, 0.1) is 13.2 Å². The molecule has 2 rings (SSSR count). The monoisotopic (exact) mass is 261 g/mol. The molecular formula is C16H23NO2. The van der Waals surface area contributed by atoms with Gasteiger partial charge in [-0.05, 0) is 42.5 Å². The fourth-order valence-corrected chi connectivity index (χ4v) is 2.74. The standard InChI is InChI=1S/C16H23NO2/c1-11(2)9-16(18)17-8-7-13-10-14(19-4)5-6-15(13)12(17)3/h5-6,10-12H,7-9H2,1-4H3. The van der Waals surface area contributed by atoms with Crippen molar-refractivity contribution in [3.63, 3.8) is 0 Å². The summed E-state index contributed by atoms with van der Waals surface area (Å²) in [4.78, 5) is 14.3. The number of rotatable bonds is 3. The van der Waals surface area contributed by atoms with Crippen LogP contribution in [0.1, 0.15) is 44.4 Å². The zero-order valence-electron chi connectivity index (χ0n) is 12.3. The third-order valence-electron chi connectivity index (χ3n) is 3.79. The lowest BCUT2D eigenvalue weighted by molar-refractivity contribution is -0.134. The Morgan fingerprint density at radius 2 is 2.21 bits per heavy atom. The molecule has 0 aliphatic carbocycles. The van der Waals surface area contributed by atoms with Crippen molar-refractivity contribution in [2.75, 3.05) is 13.7 Å². The number of benzene rings is 1. The number of methoxy groups -OCH3 is 1. The first kappa shape index (κ1) is 13.9. The van der Waals surface area contributed by atoms with Crippen LogP contribution in [-0.2, 0) is 11.2 Å². The molecule has 0 N–H and O–H groups in total. The third kappa shape index (κ3) is 2.91. The second kappa shape index (κ2) is 5.64. The molecule has 1 unspecified atom stereocenters. The molecule has 0 spiro atoms. The first-order valence-electron chi connectivity index (χ1n) is 6.99. The fourth-order valence-electron chi connectivity index (χ4n) is 2.74. The normalized spacial score (nSPS) is 18.4. The summed E-state index contributed by atoms with van der Waals surface area (Å²) in [5.41, 5.74) is 2.56. The first-order chi connectivity index (χ1) is 9.02. The lowest BCUT2D eigenvalue weighted by atomic mass is 9.92. The molecule has 3 heteroatoms. The smallest absolute Gasteiger partial charge is 0.223 e. The molecule has 0 fully saturated rings. The minimum atomic E-state index is 0.168. The molecule has 1 aromatic carbocycles. The van der Waals surface area contributed by atoms with Gasteiger partial charge in [-0.2, -0.15) is 0 Å². The van der Waals surface area contributed by atoms with E-state index < -0.39 is 0 Å². The number of amides is 1. The van der Waals surface area contributed by atoms with E-state index in [4.69, 9.17) is 4.74 Å². The van der Waals surface area contributed by atoms with E-state index in [-0.39, 0.29) is 11.9 Å². The van der Waals surface area contributed by atoms with Crippen LogP contribution in [0.25, 0.3) is 0 Å². The largest absolute Gasteiger partial charge is 0.497 e. The predicted molar refractivity (Wildman–Crippen MR) is 76.3 cm³/mol. The summed E-state index contributed by atoms with van der Waals surface area (Å²) in [7, 11) is 1.69. The molecule has 3 nitrogen and oxygen atoms in total. The van der Waals surface area contributed by atoms with Gasteiger partial charge in [0.2, 0.25) is 5.91 Å². The third-order valence-corrected chi connectivity index (χ3v) is 3.79. The van der Waals surface area contributed by atoms with Crippen LogP contribution in [0.4, 0.5) is 0 Å². The Balaban J connectivity index is 2.20. The van der Waals surface area contributed by atoms with Crippen molar-refractivity contribution < 1.29 is 9.53 Å². The van der Waals surface area contributed by atoms with Crippen LogP contribution in [0.3, 0.4) is 0 Å². The summed E-state index contributed by atoms with van der Waals surface area (Å²) in [5.74, 6) is 1.58. The summed E-state index contributed by atoms with van der Waals surface area (Å²) in [6, 6.07) is 6.33. The van der Waals surface area contributed by atoms with Crippen LogP contribution < -0.4 is 4.74 Å². The predicted octanol–water partition coefficient (Wildman–Crippen LogP) is 3.19. The Kier molecular flexibility index (Phi) is 4.13. The molecule has 1 atom stereocenters. The number of hydrogen-bond acceptors (Lipinski definition) is 2. The van der Waals surface area contributed by atoms with E-state index in [0.717, 1.165) is 18.7 Å². The van der Waals surface area contributed by atoms with Crippen LogP contribution in [0, 0.1) is 5.92 Å². The number of ether oxygens (including phenoxy) is 1. The lowest BCUT2D eigenvalue weighted by Crippen LogP contribution is -2.39. The number of carbonyl (C=O) groups excluding carboxylic acids is 1. The average Bonchev–Trinajstić information content (AvgIpc) is 2.37. The zero-order chi connectivity index (χ0) is 14.0. The van der Waals surface area contributed by atoms with Crippen LogP contribution >= 0.6 is 0 Å². The number of nitrogens with zero attached hydrogens (tertiary/aromatic N) is 1. The fraction of sp³-hybridized carbons (Fsp3) is 0.562. The highest BCUT2D eigenvalue weighted by Crippen LogP contribution is 2.32. The topological polar surface area (TPSA) is 29.5 Å². The summed E-state index contributed by atoms with van der Waals surface area (Å²) in [6.07, 6.45) is 1.55. The molecule has 0 bridgehead atoms. The van der Waals surface area contributed by atoms with Gasteiger partial charge in [0.25, 0.3) is 0 Å². The van der Waals surface area contributed by atoms with Crippen LogP contribution in [0.15, 0.2) is 18.2 Å². The highest BCUT2D eigenvalue weighted by Gasteiger charge is 2.27. The maximum atomic E-state index is 12.3. The highest BCUT2D eigenvalue weighted by atomic mass is 16.5. The summed E-state index contributed by atoms with van der Waals surface area (Å²) in [6.45, 7) is 7.10. The van der Waals surface area contributed by atoms with Crippen molar-refractivity contribution in [3.8, 4) is 5.75 Å². The summed E-state index contributed by atoms with van der Waals surface area (Å²) < 4.78 is 5.26. The lowest BCUT2D eigenvalue weighted by Gasteiger charge is -2.36. The van der Waals surface area contributed by atoms with E-state index in [0.29, 0.717) is 12.3 Å². The van der Waals surface area contributed by atoms with Gasteiger partial charge < -0.3 is 9.64 Å². The quantitative estimate of drug-likeness (QED) is 0.836. The molecule has 0 saturated heterocycles. The van der Waals surface area contributed by atoms with Crippen LogP contribution in [0.2, 0.25) is 0 Å². The van der Waals surface area contributed by atoms with Crippen molar-refractivity contribution in [3.05, 3.63) is 29.3 Å². The zero-order valence-corrected chi connectivity index (χ0v) is 12.3. The van der Waals surface area contributed by atoms with Gasteiger partial charge in [0, 0.05) is 13.0 Å². The van der Waals surface area contributed by atoms with E-state index in [9.17, 15) is 4.79 Å². The van der Waals surface area contributed by atoms with Crippen molar-refractivity contribution in [1.29, 1.82) is 0 Å². The number of fused-ring (bicyclic) bond motifs is 1. The molecule has 1 aliphatic rings. The van der Waals surface area contributed by atoms with Gasteiger partial charge in [0.1, 0.15) is 5.75 Å².